The van der Waals surface area contributed by atoms with E-state index in [1.165, 1.54) is 30.2 Å². The van der Waals surface area contributed by atoms with Gasteiger partial charge in [-0.2, -0.15) is 0 Å². The van der Waals surface area contributed by atoms with Crippen molar-refractivity contribution in [1.29, 1.82) is 0 Å². The summed E-state index contributed by atoms with van der Waals surface area (Å²) in [5.74, 6) is -3.34. The summed E-state index contributed by atoms with van der Waals surface area (Å²) in [7, 11) is 1.36. The number of thiophene rings is 1. The van der Waals surface area contributed by atoms with E-state index in [-0.39, 0.29) is 11.8 Å². The van der Waals surface area contributed by atoms with E-state index < -0.39 is 29.0 Å². The van der Waals surface area contributed by atoms with Crippen LogP contribution in [0.1, 0.15) is 66.2 Å². The van der Waals surface area contributed by atoms with Crippen LogP contribution < -0.4 is 10.6 Å². The minimum absolute atomic E-state index is 0.230. The maximum Gasteiger partial charge on any atom is 0.341 e. The highest BCUT2D eigenvalue weighted by molar-refractivity contribution is 8.00. The maximum atomic E-state index is 13.2. The van der Waals surface area contributed by atoms with Crippen LogP contribution in [0.3, 0.4) is 0 Å². The lowest BCUT2D eigenvalue weighted by Gasteiger charge is -2.24. The molecule has 1 heterocycles. The molecule has 8 nitrogen and oxygen atoms in total. The number of methoxy groups -OCH3 is 1. The molecular weight excluding hydrogens is 536 g/mol. The molecule has 0 fully saturated rings. The Morgan fingerprint density at radius 1 is 1.03 bits per heavy atom. The number of aliphatic carboxylic acids is 1. The average Bonchev–Trinajstić information content (AvgIpc) is 3.23. The molecule has 1 aromatic carbocycles. The summed E-state index contributed by atoms with van der Waals surface area (Å²) in [4.78, 5) is 52.2. The van der Waals surface area contributed by atoms with Gasteiger partial charge in [0.15, 0.2) is 0 Å². The second kappa shape index (κ2) is 13.3. The summed E-state index contributed by atoms with van der Waals surface area (Å²) >= 11 is 2.80. The third kappa shape index (κ3) is 7.10. The van der Waals surface area contributed by atoms with Gasteiger partial charge in [-0.25, -0.2) is 4.79 Å². The summed E-state index contributed by atoms with van der Waals surface area (Å²) in [6.45, 7) is 1.79. The van der Waals surface area contributed by atoms with E-state index in [2.05, 4.69) is 10.6 Å². The summed E-state index contributed by atoms with van der Waals surface area (Å²) in [5, 5.41) is 15.4. The van der Waals surface area contributed by atoms with Gasteiger partial charge in [0.05, 0.1) is 29.8 Å². The lowest BCUT2D eigenvalue weighted by Crippen LogP contribution is -2.34. The summed E-state index contributed by atoms with van der Waals surface area (Å²) in [5.41, 5.74) is 2.03. The van der Waals surface area contributed by atoms with E-state index in [4.69, 9.17) is 4.74 Å². The first kappa shape index (κ1) is 28.9. The first-order valence-corrected chi connectivity index (χ1v) is 15.0. The van der Waals surface area contributed by atoms with Gasteiger partial charge >= 0.3 is 11.9 Å². The van der Waals surface area contributed by atoms with Crippen molar-refractivity contribution < 1.29 is 29.0 Å². The predicted molar refractivity (Wildman–Crippen MR) is 154 cm³/mol. The minimum Gasteiger partial charge on any atom is -0.481 e. The maximum absolute atomic E-state index is 13.2. The molecule has 2 aliphatic carbocycles. The fourth-order valence-electron chi connectivity index (χ4n) is 5.06. The van der Waals surface area contributed by atoms with Crippen molar-refractivity contribution >= 4 is 57.5 Å². The van der Waals surface area contributed by atoms with Gasteiger partial charge in [-0.05, 0) is 69.2 Å². The first-order chi connectivity index (χ1) is 18.8. The van der Waals surface area contributed by atoms with Gasteiger partial charge in [0.1, 0.15) is 5.00 Å². The number of fused-ring (bicyclic) bond motifs is 1. The monoisotopic (exact) mass is 570 g/mol. The van der Waals surface area contributed by atoms with Crippen molar-refractivity contribution in [3.63, 3.8) is 0 Å². The number of anilines is 2. The molecule has 208 valence electrons. The highest BCUT2D eigenvalue weighted by Gasteiger charge is 2.34. The Hall–Kier alpha value is -3.11. The lowest BCUT2D eigenvalue weighted by molar-refractivity contribution is -0.146. The number of esters is 1. The number of carbonyl (C=O) groups excluding carboxylic acids is 3. The Bertz CT molecular complexity index is 1270. The van der Waals surface area contributed by atoms with E-state index >= 15 is 0 Å². The van der Waals surface area contributed by atoms with Crippen LogP contribution in [0, 0.1) is 11.8 Å². The topological polar surface area (TPSA) is 122 Å². The zero-order chi connectivity index (χ0) is 27.9. The zero-order valence-corrected chi connectivity index (χ0v) is 23.8. The van der Waals surface area contributed by atoms with E-state index in [1.807, 2.05) is 12.1 Å². The van der Waals surface area contributed by atoms with Crippen LogP contribution in [0.5, 0.6) is 0 Å². The lowest BCUT2D eigenvalue weighted by atomic mass is 9.82. The Morgan fingerprint density at radius 3 is 2.46 bits per heavy atom. The van der Waals surface area contributed by atoms with Gasteiger partial charge in [-0.3, -0.25) is 14.4 Å². The standard InChI is InChI=1S/C29H34N2O6S2/c1-17(25(32)31-27-24(29(36)37-2)22-14-5-3-4-6-15-23(22)39-27)38-19-11-9-10-18(16-19)30-26(33)20-12-7-8-13-21(20)28(34)35/h7-11,16-17,20-21H,3-6,12-15H2,1-2H3,(H,30,33)(H,31,32)(H,34,35). The molecule has 0 spiro atoms. The number of carboxylic acid groups (broad SMARTS) is 1. The van der Waals surface area contributed by atoms with Crippen LogP contribution in [0.4, 0.5) is 10.7 Å². The third-order valence-electron chi connectivity index (χ3n) is 7.17. The number of carboxylic acids is 1. The van der Waals surface area contributed by atoms with Gasteiger partial charge in [0.25, 0.3) is 0 Å². The van der Waals surface area contributed by atoms with E-state index in [1.54, 1.807) is 31.2 Å². The van der Waals surface area contributed by atoms with Crippen LogP contribution in [0.15, 0.2) is 41.3 Å². The van der Waals surface area contributed by atoms with Gasteiger partial charge in [-0.1, -0.05) is 31.1 Å². The number of thioether (sulfide) groups is 1. The summed E-state index contributed by atoms with van der Waals surface area (Å²) in [6.07, 6.45) is 10.4. The van der Waals surface area contributed by atoms with E-state index in [9.17, 15) is 24.3 Å². The van der Waals surface area contributed by atoms with E-state index in [0.29, 0.717) is 29.1 Å². The molecule has 2 aliphatic rings. The number of nitrogens with one attached hydrogen (secondary N) is 2. The normalized spacial score (nSPS) is 19.6. The summed E-state index contributed by atoms with van der Waals surface area (Å²) < 4.78 is 5.06. The molecule has 0 bridgehead atoms. The number of benzene rings is 1. The minimum atomic E-state index is -0.975. The van der Waals surface area contributed by atoms with Gasteiger partial charge in [0, 0.05) is 15.5 Å². The van der Waals surface area contributed by atoms with Crippen LogP contribution in [-0.2, 0) is 32.0 Å². The number of aryl methyl sites for hydroxylation is 1. The highest BCUT2D eigenvalue weighted by atomic mass is 32.2. The molecular formula is C29H34N2O6S2. The first-order valence-electron chi connectivity index (χ1n) is 13.3. The molecule has 4 rings (SSSR count). The van der Waals surface area contributed by atoms with Gasteiger partial charge in [0.2, 0.25) is 11.8 Å². The van der Waals surface area contributed by atoms with Crippen molar-refractivity contribution in [1.82, 2.24) is 0 Å². The van der Waals surface area contributed by atoms with Crippen molar-refractivity contribution in [3.05, 3.63) is 52.4 Å². The van der Waals surface area contributed by atoms with Crippen molar-refractivity contribution in [2.45, 2.75) is 68.4 Å². The predicted octanol–water partition coefficient (Wildman–Crippen LogP) is 5.92. The number of carbonyl (C=O) groups is 4. The number of rotatable bonds is 8. The largest absolute Gasteiger partial charge is 0.481 e. The SMILES string of the molecule is COC(=O)c1c(NC(=O)C(C)Sc2cccc(NC(=O)C3CC=CCC3C(=O)O)c2)sc2c1CCCCCC2. The Labute approximate surface area is 236 Å². The van der Waals surface area contributed by atoms with Crippen LogP contribution in [0.25, 0.3) is 0 Å². The van der Waals surface area contributed by atoms with Crippen molar-refractivity contribution in [2.24, 2.45) is 11.8 Å². The number of ether oxygens (including phenoxy) is 1. The summed E-state index contributed by atoms with van der Waals surface area (Å²) in [6, 6.07) is 7.15. The molecule has 39 heavy (non-hydrogen) atoms. The van der Waals surface area contributed by atoms with Crippen LogP contribution >= 0.6 is 23.1 Å². The van der Waals surface area contributed by atoms with E-state index in [0.717, 1.165) is 53.9 Å². The Balaban J connectivity index is 1.43. The molecule has 0 saturated heterocycles. The molecule has 0 radical (unpaired) electrons. The number of allylic oxidation sites excluding steroid dienone is 2. The molecule has 2 aromatic rings. The molecule has 3 unspecified atom stereocenters. The second-order valence-electron chi connectivity index (χ2n) is 9.87. The van der Waals surface area contributed by atoms with Gasteiger partial charge in [-0.15, -0.1) is 23.1 Å². The van der Waals surface area contributed by atoms with Crippen LogP contribution in [-0.4, -0.2) is 41.2 Å². The van der Waals surface area contributed by atoms with Crippen molar-refractivity contribution in [3.8, 4) is 0 Å². The fraction of sp³-hybridized carbons (Fsp3) is 0.448. The number of hydrogen-bond donors (Lipinski definition) is 3. The second-order valence-corrected chi connectivity index (χ2v) is 12.4. The fourth-order valence-corrected chi connectivity index (χ4v) is 7.26. The van der Waals surface area contributed by atoms with Crippen molar-refractivity contribution in [2.75, 3.05) is 17.7 Å². The molecule has 10 heteroatoms. The number of hydrogen-bond acceptors (Lipinski definition) is 7. The molecule has 3 N–H and O–H groups in total. The molecule has 0 aliphatic heterocycles. The molecule has 3 atom stereocenters. The van der Waals surface area contributed by atoms with Gasteiger partial charge < -0.3 is 20.5 Å². The Morgan fingerprint density at radius 2 is 1.74 bits per heavy atom. The number of amides is 2. The smallest absolute Gasteiger partial charge is 0.341 e. The zero-order valence-electron chi connectivity index (χ0n) is 22.2. The molecule has 0 saturated carbocycles. The third-order valence-corrected chi connectivity index (χ3v) is 9.47. The Kier molecular flexibility index (Phi) is 9.85. The highest BCUT2D eigenvalue weighted by Crippen LogP contribution is 2.38. The van der Waals surface area contributed by atoms with Crippen LogP contribution in [0.2, 0.25) is 0 Å². The molecule has 2 amide bonds. The molecule has 1 aromatic heterocycles. The quantitative estimate of drug-likeness (QED) is 0.205. The average molecular weight is 571 g/mol.